The third-order valence-corrected chi connectivity index (χ3v) is 7.22. The van der Waals surface area contributed by atoms with Crippen LogP contribution in [-0.4, -0.2) is 54.6 Å². The van der Waals surface area contributed by atoms with E-state index in [1.165, 1.54) is 16.7 Å². The molecule has 0 aromatic heterocycles. The lowest BCUT2D eigenvalue weighted by molar-refractivity contribution is -0.135. The summed E-state index contributed by atoms with van der Waals surface area (Å²) in [6.45, 7) is 1.59. The van der Waals surface area contributed by atoms with E-state index in [1.807, 2.05) is 53.4 Å². The highest BCUT2D eigenvalue weighted by Gasteiger charge is 2.40. The first-order valence-electron chi connectivity index (χ1n) is 11.3. The van der Waals surface area contributed by atoms with Crippen LogP contribution < -0.4 is 15.0 Å². The highest BCUT2D eigenvalue weighted by molar-refractivity contribution is 8.01. The molecule has 7 nitrogen and oxygen atoms in total. The summed E-state index contributed by atoms with van der Waals surface area (Å²) in [6, 6.07) is 14.9. The molecule has 2 aliphatic heterocycles. The number of benzene rings is 2. The number of hydrogen-bond acceptors (Lipinski definition) is 5. The Morgan fingerprint density at radius 2 is 1.73 bits per heavy atom. The molecule has 1 fully saturated rings. The normalized spacial score (nSPS) is 18.3. The lowest BCUT2D eigenvalue weighted by Gasteiger charge is -2.34. The molecule has 2 aromatic rings. The summed E-state index contributed by atoms with van der Waals surface area (Å²) in [5, 5.41) is 2.02. The van der Waals surface area contributed by atoms with Crippen molar-refractivity contribution >= 4 is 35.2 Å². The Bertz CT molecular complexity index is 1000. The molecule has 174 valence electrons. The van der Waals surface area contributed by atoms with E-state index in [1.54, 1.807) is 7.11 Å². The molecule has 2 aliphatic rings. The Morgan fingerprint density at radius 3 is 2.42 bits per heavy atom. The van der Waals surface area contributed by atoms with Crippen molar-refractivity contribution in [2.24, 2.45) is 0 Å². The first-order chi connectivity index (χ1) is 16.1. The summed E-state index contributed by atoms with van der Waals surface area (Å²) in [7, 11) is 1.60. The van der Waals surface area contributed by atoms with Gasteiger partial charge in [-0.05, 0) is 42.7 Å². The molecule has 1 saturated heterocycles. The number of thioether (sulfide) groups is 1. The van der Waals surface area contributed by atoms with Crippen molar-refractivity contribution in [2.45, 2.75) is 42.4 Å². The molecule has 3 amide bonds. The van der Waals surface area contributed by atoms with Crippen LogP contribution in [0.15, 0.2) is 53.4 Å². The minimum Gasteiger partial charge on any atom is -0.497 e. The van der Waals surface area contributed by atoms with E-state index in [4.69, 9.17) is 4.74 Å². The SMILES string of the molecule is COc1ccc(CNC(=O)CN2C(=O)C(C(=O)N3CCCCCC3)Sc3ccccc32)cc1. The van der Waals surface area contributed by atoms with Gasteiger partial charge in [0.25, 0.3) is 5.91 Å². The number of methoxy groups -OCH3 is 1. The van der Waals surface area contributed by atoms with Crippen LogP contribution in [0.25, 0.3) is 0 Å². The lowest BCUT2D eigenvalue weighted by Crippen LogP contribution is -2.52. The molecule has 2 heterocycles. The second-order valence-corrected chi connectivity index (χ2v) is 9.40. The van der Waals surface area contributed by atoms with Crippen LogP contribution in [0.3, 0.4) is 0 Å². The number of para-hydroxylation sites is 1. The van der Waals surface area contributed by atoms with Crippen molar-refractivity contribution in [2.75, 3.05) is 31.6 Å². The molecule has 1 N–H and O–H groups in total. The van der Waals surface area contributed by atoms with E-state index in [2.05, 4.69) is 5.32 Å². The molecule has 0 spiro atoms. The zero-order chi connectivity index (χ0) is 23.2. The number of carbonyl (C=O) groups is 3. The summed E-state index contributed by atoms with van der Waals surface area (Å²) in [4.78, 5) is 43.5. The van der Waals surface area contributed by atoms with Crippen LogP contribution in [-0.2, 0) is 20.9 Å². The predicted octanol–water partition coefficient (Wildman–Crippen LogP) is 3.22. The summed E-state index contributed by atoms with van der Waals surface area (Å²) in [6.07, 6.45) is 4.15. The van der Waals surface area contributed by atoms with Crippen molar-refractivity contribution < 1.29 is 19.1 Å². The molecule has 4 rings (SSSR count). The molecule has 33 heavy (non-hydrogen) atoms. The summed E-state index contributed by atoms with van der Waals surface area (Å²) >= 11 is 1.29. The maximum absolute atomic E-state index is 13.4. The van der Waals surface area contributed by atoms with Gasteiger partial charge in [0.2, 0.25) is 11.8 Å². The van der Waals surface area contributed by atoms with Gasteiger partial charge >= 0.3 is 0 Å². The van der Waals surface area contributed by atoms with Gasteiger partial charge in [-0.1, -0.05) is 37.1 Å². The summed E-state index contributed by atoms with van der Waals surface area (Å²) < 4.78 is 5.16. The number of amides is 3. The van der Waals surface area contributed by atoms with Gasteiger partial charge in [0.15, 0.2) is 5.25 Å². The third-order valence-electron chi connectivity index (χ3n) is 5.98. The molecule has 0 bridgehead atoms. The van der Waals surface area contributed by atoms with E-state index in [-0.39, 0.29) is 24.3 Å². The molecular formula is C25H29N3O4S. The van der Waals surface area contributed by atoms with E-state index >= 15 is 0 Å². The number of anilines is 1. The molecule has 1 unspecified atom stereocenters. The van der Waals surface area contributed by atoms with E-state index < -0.39 is 5.25 Å². The molecule has 0 saturated carbocycles. The van der Waals surface area contributed by atoms with E-state index in [0.29, 0.717) is 25.3 Å². The average Bonchev–Trinajstić information content (AvgIpc) is 3.14. The second kappa shape index (κ2) is 10.7. The quantitative estimate of drug-likeness (QED) is 0.660. The summed E-state index contributed by atoms with van der Waals surface area (Å²) in [5.74, 6) is -0.00218. The van der Waals surface area contributed by atoms with Crippen LogP contribution in [0.1, 0.15) is 31.2 Å². The van der Waals surface area contributed by atoms with E-state index in [9.17, 15) is 14.4 Å². The molecular weight excluding hydrogens is 438 g/mol. The molecule has 0 aliphatic carbocycles. The number of carbonyl (C=O) groups excluding carboxylic acids is 3. The van der Waals surface area contributed by atoms with Crippen molar-refractivity contribution in [3.8, 4) is 5.75 Å². The number of rotatable bonds is 6. The van der Waals surface area contributed by atoms with Gasteiger partial charge in [-0.2, -0.15) is 0 Å². The number of ether oxygens (including phenoxy) is 1. The van der Waals surface area contributed by atoms with Crippen LogP contribution in [0.4, 0.5) is 5.69 Å². The third kappa shape index (κ3) is 5.50. The van der Waals surface area contributed by atoms with Crippen LogP contribution in [0.2, 0.25) is 0 Å². The number of nitrogens with zero attached hydrogens (tertiary/aromatic N) is 2. The van der Waals surface area contributed by atoms with Gasteiger partial charge in [0, 0.05) is 24.5 Å². The molecule has 1 atom stereocenters. The van der Waals surface area contributed by atoms with Gasteiger partial charge in [-0.15, -0.1) is 11.8 Å². The van der Waals surface area contributed by atoms with Crippen molar-refractivity contribution in [3.63, 3.8) is 0 Å². The van der Waals surface area contributed by atoms with E-state index in [0.717, 1.165) is 41.9 Å². The highest BCUT2D eigenvalue weighted by atomic mass is 32.2. The van der Waals surface area contributed by atoms with Gasteiger partial charge in [0.05, 0.1) is 12.8 Å². The van der Waals surface area contributed by atoms with Crippen molar-refractivity contribution in [3.05, 3.63) is 54.1 Å². The monoisotopic (exact) mass is 467 g/mol. The number of nitrogens with one attached hydrogen (secondary N) is 1. The number of fused-ring (bicyclic) bond motifs is 1. The van der Waals surface area contributed by atoms with Gasteiger partial charge < -0.3 is 19.9 Å². The van der Waals surface area contributed by atoms with Crippen LogP contribution in [0, 0.1) is 0 Å². The summed E-state index contributed by atoms with van der Waals surface area (Å²) in [5.41, 5.74) is 1.60. The fourth-order valence-corrected chi connectivity index (χ4v) is 5.32. The fourth-order valence-electron chi connectivity index (χ4n) is 4.14. The molecule has 2 aromatic carbocycles. The van der Waals surface area contributed by atoms with Gasteiger partial charge in [-0.3, -0.25) is 14.4 Å². The predicted molar refractivity (Wildman–Crippen MR) is 128 cm³/mol. The standard InChI is InChI=1S/C25H29N3O4S/c1-32-19-12-10-18(11-13-19)16-26-22(29)17-28-20-8-4-5-9-21(20)33-23(25(28)31)24(30)27-14-6-2-3-7-15-27/h4-5,8-13,23H,2-3,6-7,14-17H2,1H3,(H,26,29). The maximum atomic E-state index is 13.4. The zero-order valence-corrected chi connectivity index (χ0v) is 19.6. The largest absolute Gasteiger partial charge is 0.497 e. The first-order valence-corrected chi connectivity index (χ1v) is 12.2. The topological polar surface area (TPSA) is 79.0 Å². The van der Waals surface area contributed by atoms with Crippen molar-refractivity contribution in [1.82, 2.24) is 10.2 Å². The Kier molecular flexibility index (Phi) is 7.54. The Labute approximate surface area is 198 Å². The number of hydrogen-bond donors (Lipinski definition) is 1. The highest BCUT2D eigenvalue weighted by Crippen LogP contribution is 2.39. The second-order valence-electron chi connectivity index (χ2n) is 8.25. The Balaban J connectivity index is 1.46. The van der Waals surface area contributed by atoms with Gasteiger partial charge in [0.1, 0.15) is 12.3 Å². The Morgan fingerprint density at radius 1 is 1.03 bits per heavy atom. The average molecular weight is 468 g/mol. The first kappa shape index (κ1) is 23.2. The maximum Gasteiger partial charge on any atom is 0.250 e. The molecule has 0 radical (unpaired) electrons. The number of likely N-dealkylation sites (tertiary alicyclic amines) is 1. The fraction of sp³-hybridized carbons (Fsp3) is 0.400. The van der Waals surface area contributed by atoms with Crippen LogP contribution in [0.5, 0.6) is 5.75 Å². The lowest BCUT2D eigenvalue weighted by atomic mass is 10.2. The minimum atomic E-state index is -0.854. The van der Waals surface area contributed by atoms with Gasteiger partial charge in [-0.25, -0.2) is 0 Å². The zero-order valence-electron chi connectivity index (χ0n) is 18.8. The smallest absolute Gasteiger partial charge is 0.250 e. The molecule has 8 heteroatoms. The van der Waals surface area contributed by atoms with Crippen molar-refractivity contribution in [1.29, 1.82) is 0 Å². The Hall–Kier alpha value is -3.00. The minimum absolute atomic E-state index is 0.129. The van der Waals surface area contributed by atoms with Crippen LogP contribution >= 0.6 is 11.8 Å².